The maximum Gasteiger partial charge on any atom is 0.240 e. The molecule has 1 fully saturated rings. The standard InChI is InChI=1S/C15H25N3O/c1-12(16)13-8-9-18(10-13)11-15(19)17-14-6-4-2-3-5-7-14/h8-10,12,14H,2-7,11,16H2,1H3,(H,17,19). The Balaban J connectivity index is 1.82. The molecule has 0 aliphatic heterocycles. The quantitative estimate of drug-likeness (QED) is 0.819. The Hall–Kier alpha value is -1.29. The van der Waals surface area contributed by atoms with Crippen LogP contribution in [-0.4, -0.2) is 16.5 Å². The minimum Gasteiger partial charge on any atom is -0.352 e. The average Bonchev–Trinajstić information content (AvgIpc) is 2.67. The smallest absolute Gasteiger partial charge is 0.240 e. The summed E-state index contributed by atoms with van der Waals surface area (Å²) in [6, 6.07) is 2.37. The number of hydrogen-bond acceptors (Lipinski definition) is 2. The van der Waals surface area contributed by atoms with Crippen LogP contribution in [-0.2, 0) is 11.3 Å². The van der Waals surface area contributed by atoms with Crippen LogP contribution in [0.15, 0.2) is 18.5 Å². The maximum absolute atomic E-state index is 12.0. The fraction of sp³-hybridized carbons (Fsp3) is 0.667. The van der Waals surface area contributed by atoms with E-state index < -0.39 is 0 Å². The zero-order valence-corrected chi connectivity index (χ0v) is 11.8. The predicted molar refractivity (Wildman–Crippen MR) is 76.7 cm³/mol. The van der Waals surface area contributed by atoms with E-state index in [9.17, 15) is 4.79 Å². The van der Waals surface area contributed by atoms with Gasteiger partial charge in [0.25, 0.3) is 0 Å². The summed E-state index contributed by atoms with van der Waals surface area (Å²) < 4.78 is 1.91. The Morgan fingerprint density at radius 3 is 2.68 bits per heavy atom. The van der Waals surface area contributed by atoms with E-state index >= 15 is 0 Å². The van der Waals surface area contributed by atoms with Crippen molar-refractivity contribution in [3.63, 3.8) is 0 Å². The first-order chi connectivity index (χ1) is 9.15. The van der Waals surface area contributed by atoms with Crippen molar-refractivity contribution in [3.8, 4) is 0 Å². The van der Waals surface area contributed by atoms with Crippen LogP contribution < -0.4 is 11.1 Å². The lowest BCUT2D eigenvalue weighted by Gasteiger charge is -2.16. The van der Waals surface area contributed by atoms with Crippen LogP contribution in [0.1, 0.15) is 57.1 Å². The zero-order chi connectivity index (χ0) is 13.7. The topological polar surface area (TPSA) is 60.0 Å². The molecule has 1 aromatic heterocycles. The van der Waals surface area contributed by atoms with Gasteiger partial charge in [0.15, 0.2) is 0 Å². The predicted octanol–water partition coefficient (Wildman–Crippen LogP) is 2.35. The molecule has 0 radical (unpaired) electrons. The molecule has 19 heavy (non-hydrogen) atoms. The molecule has 0 saturated heterocycles. The molecule has 1 aromatic rings. The third-order valence-electron chi connectivity index (χ3n) is 3.85. The van der Waals surface area contributed by atoms with Gasteiger partial charge in [-0.1, -0.05) is 25.7 Å². The molecule has 106 valence electrons. The number of carbonyl (C=O) groups excluding carboxylic acids is 1. The monoisotopic (exact) mass is 263 g/mol. The lowest BCUT2D eigenvalue weighted by Crippen LogP contribution is -2.36. The molecule has 2 rings (SSSR count). The van der Waals surface area contributed by atoms with Gasteiger partial charge in [0.1, 0.15) is 6.54 Å². The highest BCUT2D eigenvalue weighted by Gasteiger charge is 2.14. The van der Waals surface area contributed by atoms with Crippen LogP contribution in [0.25, 0.3) is 0 Å². The van der Waals surface area contributed by atoms with Gasteiger partial charge in [-0.25, -0.2) is 0 Å². The highest BCUT2D eigenvalue weighted by molar-refractivity contribution is 5.76. The van der Waals surface area contributed by atoms with Crippen molar-refractivity contribution in [3.05, 3.63) is 24.0 Å². The summed E-state index contributed by atoms with van der Waals surface area (Å²) in [6.45, 7) is 2.34. The first-order valence-corrected chi connectivity index (χ1v) is 7.36. The zero-order valence-electron chi connectivity index (χ0n) is 11.8. The van der Waals surface area contributed by atoms with E-state index in [0.717, 1.165) is 18.4 Å². The number of nitrogens with two attached hydrogens (primary N) is 1. The minimum absolute atomic E-state index is 0.0196. The SMILES string of the molecule is CC(N)c1ccn(CC(=O)NC2CCCCCC2)c1. The lowest BCUT2D eigenvalue weighted by atomic mass is 10.1. The summed E-state index contributed by atoms with van der Waals surface area (Å²) in [5.41, 5.74) is 6.88. The fourth-order valence-electron chi connectivity index (χ4n) is 2.69. The van der Waals surface area contributed by atoms with Crippen LogP contribution >= 0.6 is 0 Å². The van der Waals surface area contributed by atoms with Crippen LogP contribution in [0.3, 0.4) is 0 Å². The van der Waals surface area contributed by atoms with Crippen LogP contribution in [0.4, 0.5) is 0 Å². The third-order valence-corrected chi connectivity index (χ3v) is 3.85. The number of hydrogen-bond donors (Lipinski definition) is 2. The molecule has 0 spiro atoms. The van der Waals surface area contributed by atoms with Gasteiger partial charge >= 0.3 is 0 Å². The van der Waals surface area contributed by atoms with Gasteiger partial charge < -0.3 is 15.6 Å². The second-order valence-corrected chi connectivity index (χ2v) is 5.66. The van der Waals surface area contributed by atoms with Crippen LogP contribution in [0.5, 0.6) is 0 Å². The molecule has 1 heterocycles. The molecule has 0 aromatic carbocycles. The molecule has 3 N–H and O–H groups in total. The largest absolute Gasteiger partial charge is 0.352 e. The van der Waals surface area contributed by atoms with E-state index in [-0.39, 0.29) is 11.9 Å². The van der Waals surface area contributed by atoms with Crippen molar-refractivity contribution < 1.29 is 4.79 Å². The maximum atomic E-state index is 12.0. The molecular weight excluding hydrogens is 238 g/mol. The van der Waals surface area contributed by atoms with E-state index in [4.69, 9.17) is 5.73 Å². The molecule has 1 saturated carbocycles. The number of nitrogens with one attached hydrogen (secondary N) is 1. The van der Waals surface area contributed by atoms with Gasteiger partial charge in [0.05, 0.1) is 0 Å². The Morgan fingerprint density at radius 1 is 1.42 bits per heavy atom. The summed E-state index contributed by atoms with van der Waals surface area (Å²) in [5.74, 6) is 0.110. The molecule has 1 unspecified atom stereocenters. The van der Waals surface area contributed by atoms with Crippen molar-refractivity contribution in [1.29, 1.82) is 0 Å². The molecule has 1 aliphatic rings. The summed E-state index contributed by atoms with van der Waals surface area (Å²) in [7, 11) is 0. The van der Waals surface area contributed by atoms with E-state index in [1.54, 1.807) is 0 Å². The van der Waals surface area contributed by atoms with Crippen LogP contribution in [0.2, 0.25) is 0 Å². The number of aromatic nitrogens is 1. The Morgan fingerprint density at radius 2 is 2.11 bits per heavy atom. The number of nitrogens with zero attached hydrogens (tertiary/aromatic N) is 1. The molecule has 1 atom stereocenters. The summed E-state index contributed by atoms with van der Waals surface area (Å²) in [4.78, 5) is 12.0. The van der Waals surface area contributed by atoms with Crippen molar-refractivity contribution >= 4 is 5.91 Å². The van der Waals surface area contributed by atoms with Gasteiger partial charge in [-0.05, 0) is 31.4 Å². The second kappa shape index (κ2) is 6.75. The molecule has 4 nitrogen and oxygen atoms in total. The van der Waals surface area contributed by atoms with Crippen molar-refractivity contribution in [1.82, 2.24) is 9.88 Å². The van der Waals surface area contributed by atoms with E-state index in [1.165, 1.54) is 25.7 Å². The molecule has 1 aliphatic carbocycles. The van der Waals surface area contributed by atoms with E-state index in [2.05, 4.69) is 5.32 Å². The first kappa shape index (κ1) is 14.1. The number of carbonyl (C=O) groups is 1. The molecule has 0 bridgehead atoms. The summed E-state index contributed by atoms with van der Waals surface area (Å²) in [6.07, 6.45) is 11.2. The first-order valence-electron chi connectivity index (χ1n) is 7.36. The Labute approximate surface area is 115 Å². The minimum atomic E-state index is 0.0196. The third kappa shape index (κ3) is 4.39. The molecule has 4 heteroatoms. The van der Waals surface area contributed by atoms with Gasteiger partial charge in [-0.2, -0.15) is 0 Å². The summed E-state index contributed by atoms with van der Waals surface area (Å²) in [5, 5.41) is 3.15. The van der Waals surface area contributed by atoms with Crippen molar-refractivity contribution in [2.24, 2.45) is 5.73 Å². The average molecular weight is 263 g/mol. The Kier molecular flexibility index (Phi) is 5.02. The van der Waals surface area contributed by atoms with Gasteiger partial charge in [0, 0.05) is 24.5 Å². The fourth-order valence-corrected chi connectivity index (χ4v) is 2.69. The molecule has 1 amide bonds. The number of amides is 1. The van der Waals surface area contributed by atoms with Gasteiger partial charge in [-0.3, -0.25) is 4.79 Å². The lowest BCUT2D eigenvalue weighted by molar-refractivity contribution is -0.122. The molecular formula is C15H25N3O. The highest BCUT2D eigenvalue weighted by atomic mass is 16.2. The highest BCUT2D eigenvalue weighted by Crippen LogP contribution is 2.17. The summed E-state index contributed by atoms with van der Waals surface area (Å²) >= 11 is 0. The van der Waals surface area contributed by atoms with E-state index in [1.807, 2.05) is 30.0 Å². The second-order valence-electron chi connectivity index (χ2n) is 5.66. The normalized spacial score (nSPS) is 18.8. The van der Waals surface area contributed by atoms with Crippen molar-refractivity contribution in [2.75, 3.05) is 0 Å². The van der Waals surface area contributed by atoms with Crippen LogP contribution in [0, 0.1) is 0 Å². The van der Waals surface area contributed by atoms with Gasteiger partial charge in [0.2, 0.25) is 5.91 Å². The van der Waals surface area contributed by atoms with E-state index in [0.29, 0.717) is 12.6 Å². The Bertz CT molecular complexity index is 403. The van der Waals surface area contributed by atoms with Gasteiger partial charge in [-0.15, -0.1) is 0 Å². The van der Waals surface area contributed by atoms with Crippen molar-refractivity contribution in [2.45, 2.75) is 64.1 Å². The number of rotatable bonds is 4.